The van der Waals surface area contributed by atoms with Crippen molar-refractivity contribution >= 4 is 23.9 Å². The van der Waals surface area contributed by atoms with Crippen molar-refractivity contribution in [1.29, 1.82) is 0 Å². The van der Waals surface area contributed by atoms with Crippen LogP contribution in [0.2, 0.25) is 0 Å². The molecule has 45 heavy (non-hydrogen) atoms. The van der Waals surface area contributed by atoms with Crippen LogP contribution in [0.3, 0.4) is 0 Å². The molecule has 8 nitrogen and oxygen atoms in total. The molecule has 0 spiro atoms. The minimum Gasteiger partial charge on any atom is -0.469 e. The molecule has 252 valence electrons. The molecular formula is C37H56O8. The Balaban J connectivity index is 1.63. The zero-order valence-electron chi connectivity index (χ0n) is 29.2. The van der Waals surface area contributed by atoms with Gasteiger partial charge >= 0.3 is 23.9 Å². The lowest BCUT2D eigenvalue weighted by atomic mass is 9.33. The predicted octanol–water partition coefficient (Wildman–Crippen LogP) is 6.83. The number of rotatable bonds is 5. The number of methoxy groups -OCH3 is 1. The minimum absolute atomic E-state index is 0.0496. The summed E-state index contributed by atoms with van der Waals surface area (Å²) in [6, 6.07) is 0. The van der Waals surface area contributed by atoms with Crippen LogP contribution in [0.25, 0.3) is 0 Å². The molecule has 12 atom stereocenters. The van der Waals surface area contributed by atoms with E-state index in [1.807, 2.05) is 6.92 Å². The van der Waals surface area contributed by atoms with E-state index in [9.17, 15) is 19.2 Å². The fourth-order valence-electron chi connectivity index (χ4n) is 12.1. The second kappa shape index (κ2) is 11.4. The number of ether oxygens (including phenoxy) is 4. The summed E-state index contributed by atoms with van der Waals surface area (Å²) < 4.78 is 23.2. The van der Waals surface area contributed by atoms with Crippen LogP contribution in [0, 0.1) is 56.7 Å². The lowest BCUT2D eigenvalue weighted by Crippen LogP contribution is -2.69. The minimum atomic E-state index is -0.753. The summed E-state index contributed by atoms with van der Waals surface area (Å²) >= 11 is 0. The molecule has 0 heterocycles. The van der Waals surface area contributed by atoms with E-state index >= 15 is 0 Å². The molecule has 0 radical (unpaired) electrons. The molecular weight excluding hydrogens is 572 g/mol. The summed E-state index contributed by atoms with van der Waals surface area (Å²) in [6.45, 7) is 18.2. The third-order valence-electron chi connectivity index (χ3n) is 14.5. The van der Waals surface area contributed by atoms with Gasteiger partial charge in [-0.25, -0.2) is 0 Å². The highest BCUT2D eigenvalue weighted by Gasteiger charge is 2.72. The average molecular weight is 629 g/mol. The van der Waals surface area contributed by atoms with Crippen LogP contribution in [-0.2, 0) is 38.1 Å². The molecule has 5 aliphatic rings. The van der Waals surface area contributed by atoms with E-state index in [0.29, 0.717) is 18.3 Å². The monoisotopic (exact) mass is 628 g/mol. The van der Waals surface area contributed by atoms with Gasteiger partial charge in [0.1, 0.15) is 18.8 Å². The zero-order valence-corrected chi connectivity index (χ0v) is 29.2. The van der Waals surface area contributed by atoms with E-state index in [1.54, 1.807) is 0 Å². The number of esters is 4. The van der Waals surface area contributed by atoms with Crippen molar-refractivity contribution in [3.63, 3.8) is 0 Å². The molecule has 4 fully saturated rings. The molecule has 0 amide bonds. The highest BCUT2D eigenvalue weighted by Crippen LogP contribution is 2.76. The van der Waals surface area contributed by atoms with Gasteiger partial charge in [0, 0.05) is 26.2 Å². The van der Waals surface area contributed by atoms with E-state index in [4.69, 9.17) is 18.9 Å². The number of carbonyl (C=O) groups excluding carboxylic acids is 4. The molecule has 12 unspecified atom stereocenters. The molecule has 8 heteroatoms. The lowest BCUT2D eigenvalue weighted by molar-refractivity contribution is -0.256. The molecule has 5 aliphatic carbocycles. The number of hydrogen-bond acceptors (Lipinski definition) is 8. The summed E-state index contributed by atoms with van der Waals surface area (Å²) in [5, 5.41) is 0. The molecule has 0 aliphatic heterocycles. The normalized spacial score (nSPS) is 47.0. The predicted molar refractivity (Wildman–Crippen MR) is 168 cm³/mol. The van der Waals surface area contributed by atoms with Crippen LogP contribution in [0.4, 0.5) is 0 Å². The van der Waals surface area contributed by atoms with Gasteiger partial charge in [-0.2, -0.15) is 0 Å². The van der Waals surface area contributed by atoms with Gasteiger partial charge in [0.05, 0.1) is 12.5 Å². The summed E-state index contributed by atoms with van der Waals surface area (Å²) in [6.07, 6.45) is 8.01. The number of allylic oxidation sites excluding steroid dienone is 2. The van der Waals surface area contributed by atoms with E-state index in [0.717, 1.165) is 44.9 Å². The molecule has 0 aromatic heterocycles. The Labute approximate surface area is 269 Å². The summed E-state index contributed by atoms with van der Waals surface area (Å²) in [5.41, 5.74) is -0.272. The zero-order chi connectivity index (χ0) is 33.3. The smallest absolute Gasteiger partial charge is 0.312 e. The Hall–Kier alpha value is -2.38. The number of carbonyl (C=O) groups is 4. The molecule has 4 saturated carbocycles. The van der Waals surface area contributed by atoms with Gasteiger partial charge in [0.2, 0.25) is 0 Å². The van der Waals surface area contributed by atoms with Crippen molar-refractivity contribution in [2.45, 2.75) is 126 Å². The molecule has 0 bridgehead atoms. The molecule has 0 saturated heterocycles. The van der Waals surface area contributed by atoms with Gasteiger partial charge in [-0.05, 0) is 97.2 Å². The van der Waals surface area contributed by atoms with Crippen LogP contribution in [0.5, 0.6) is 0 Å². The molecule has 0 aromatic carbocycles. The van der Waals surface area contributed by atoms with Crippen LogP contribution < -0.4 is 0 Å². The quantitative estimate of drug-likeness (QED) is 0.185. The fraction of sp³-hybridized carbons (Fsp3) is 0.838. The second-order valence-electron chi connectivity index (χ2n) is 16.5. The highest BCUT2D eigenvalue weighted by molar-refractivity contribution is 5.78. The van der Waals surface area contributed by atoms with Gasteiger partial charge in [0.15, 0.2) is 0 Å². The highest BCUT2D eigenvalue weighted by atomic mass is 16.6. The van der Waals surface area contributed by atoms with Crippen molar-refractivity contribution in [3.05, 3.63) is 11.6 Å². The Morgan fingerprint density at radius 3 is 2.11 bits per heavy atom. The van der Waals surface area contributed by atoms with Crippen molar-refractivity contribution < 1.29 is 38.1 Å². The third-order valence-corrected chi connectivity index (χ3v) is 14.5. The maximum Gasteiger partial charge on any atom is 0.312 e. The summed E-state index contributed by atoms with van der Waals surface area (Å²) in [5.74, 6) is 0.0474. The fourth-order valence-corrected chi connectivity index (χ4v) is 12.1. The largest absolute Gasteiger partial charge is 0.469 e. The molecule has 0 N–H and O–H groups in total. The Kier molecular flexibility index (Phi) is 8.60. The molecule has 0 aromatic rings. The topological polar surface area (TPSA) is 105 Å². The van der Waals surface area contributed by atoms with Gasteiger partial charge in [-0.3, -0.25) is 19.2 Å². The maximum atomic E-state index is 13.6. The average Bonchev–Trinajstić information content (AvgIpc) is 2.95. The van der Waals surface area contributed by atoms with Crippen LogP contribution in [-0.4, -0.2) is 49.8 Å². The maximum absolute atomic E-state index is 13.6. The van der Waals surface area contributed by atoms with Crippen molar-refractivity contribution in [1.82, 2.24) is 0 Å². The van der Waals surface area contributed by atoms with Crippen LogP contribution in [0.15, 0.2) is 11.6 Å². The van der Waals surface area contributed by atoms with Crippen LogP contribution in [0.1, 0.15) is 114 Å². The van der Waals surface area contributed by atoms with E-state index < -0.39 is 35.0 Å². The van der Waals surface area contributed by atoms with E-state index in [1.165, 1.54) is 33.5 Å². The second-order valence-corrected chi connectivity index (χ2v) is 16.5. The number of hydrogen-bond donors (Lipinski definition) is 0. The van der Waals surface area contributed by atoms with Crippen molar-refractivity contribution in [3.8, 4) is 0 Å². The Bertz CT molecular complexity index is 1270. The van der Waals surface area contributed by atoms with E-state index in [2.05, 4.69) is 40.7 Å². The summed E-state index contributed by atoms with van der Waals surface area (Å²) in [4.78, 5) is 50.7. The van der Waals surface area contributed by atoms with Gasteiger partial charge in [-0.1, -0.05) is 53.2 Å². The third kappa shape index (κ3) is 4.89. The first-order valence-electron chi connectivity index (χ1n) is 17.2. The van der Waals surface area contributed by atoms with Crippen molar-refractivity contribution in [2.75, 3.05) is 13.7 Å². The first-order valence-corrected chi connectivity index (χ1v) is 17.2. The first-order chi connectivity index (χ1) is 20.9. The lowest BCUT2D eigenvalue weighted by Gasteiger charge is -2.71. The van der Waals surface area contributed by atoms with Gasteiger partial charge in [-0.15, -0.1) is 0 Å². The SMILES string of the molecule is COC(=O)C12CCC(C)C(C)C1C1=CCC3C4(C)CC(OC(C)=O)C(OC(C)=O)C(C)(COC(C)=O)C4CCC3(C)C1(C)CC2. The van der Waals surface area contributed by atoms with Crippen molar-refractivity contribution in [2.24, 2.45) is 56.7 Å². The first kappa shape index (κ1) is 34.0. The Morgan fingerprint density at radius 2 is 1.51 bits per heavy atom. The van der Waals surface area contributed by atoms with E-state index in [-0.39, 0.29) is 52.5 Å². The standard InChI is InChI=1S/C37H56O8/c1-21-13-16-37(32(41)42-10)18-17-35(8)26(30(37)22(21)2)11-12-29-33(6)19-27(44-24(4)39)31(45-25(5)40)34(7,20-43-23(3)38)28(33)14-15-36(29,35)9/h11,21-22,27-31H,12-20H2,1-10H3. The van der Waals surface area contributed by atoms with Crippen LogP contribution >= 0.6 is 0 Å². The van der Waals surface area contributed by atoms with Gasteiger partial charge in [0.25, 0.3) is 0 Å². The molecule has 5 rings (SSSR count). The summed E-state index contributed by atoms with van der Waals surface area (Å²) in [7, 11) is 1.54. The number of fused-ring (bicyclic) bond motifs is 7. The van der Waals surface area contributed by atoms with Gasteiger partial charge < -0.3 is 18.9 Å². The Morgan fingerprint density at radius 1 is 0.844 bits per heavy atom.